The van der Waals surface area contributed by atoms with Crippen LogP contribution >= 0.6 is 0 Å². The zero-order valence-corrected chi connectivity index (χ0v) is 11.3. The van der Waals surface area contributed by atoms with E-state index >= 15 is 0 Å². The lowest BCUT2D eigenvalue weighted by molar-refractivity contribution is -0.134. The first kappa shape index (κ1) is 14.3. The van der Waals surface area contributed by atoms with Gasteiger partial charge in [0.25, 0.3) is 5.91 Å². The normalized spacial score (nSPS) is 20.1. The van der Waals surface area contributed by atoms with Gasteiger partial charge in [-0.15, -0.1) is 0 Å². The molecule has 0 aromatic heterocycles. The van der Waals surface area contributed by atoms with Crippen LogP contribution in [0.2, 0.25) is 0 Å². The monoisotopic (exact) mass is 282 g/mol. The molecule has 2 rings (SSSR count). The molecule has 1 saturated carbocycles. The first-order valence-electron chi connectivity index (χ1n) is 6.70. The largest absolute Gasteiger partial charge is 0.338 e. The van der Waals surface area contributed by atoms with E-state index in [0.29, 0.717) is 19.4 Å². The maximum atomic E-state index is 12.2. The van der Waals surface area contributed by atoms with Gasteiger partial charge >= 0.3 is 12.1 Å². The van der Waals surface area contributed by atoms with Gasteiger partial charge in [0.2, 0.25) is 5.91 Å². The molecule has 1 spiro atoms. The van der Waals surface area contributed by atoms with Crippen molar-refractivity contribution in [3.63, 3.8) is 0 Å². The fourth-order valence-electron chi connectivity index (χ4n) is 2.65. The van der Waals surface area contributed by atoms with Crippen LogP contribution in [0, 0.1) is 0 Å². The van der Waals surface area contributed by atoms with Crippen LogP contribution in [0.1, 0.15) is 32.6 Å². The Morgan fingerprint density at radius 2 is 1.95 bits per heavy atom. The average molecular weight is 282 g/mol. The Morgan fingerprint density at radius 3 is 2.55 bits per heavy atom. The molecule has 1 aliphatic heterocycles. The Bertz CT molecular complexity index is 456. The predicted octanol–water partition coefficient (Wildman–Crippen LogP) is -0.303. The van der Waals surface area contributed by atoms with Crippen molar-refractivity contribution < 1.29 is 19.2 Å². The smallest absolute Gasteiger partial charge is 0.325 e. The number of hydrogen-bond donors (Lipinski definition) is 3. The van der Waals surface area contributed by atoms with Crippen LogP contribution < -0.4 is 16.0 Å². The summed E-state index contributed by atoms with van der Waals surface area (Å²) < 4.78 is 0. The third-order valence-corrected chi connectivity index (χ3v) is 3.60. The van der Waals surface area contributed by atoms with Gasteiger partial charge in [0, 0.05) is 6.54 Å². The SMILES string of the molecule is CCNC(=O)NC(=O)CN1C(=O)NC2(CCCC2)C1=O. The minimum atomic E-state index is -0.830. The van der Waals surface area contributed by atoms with Crippen molar-refractivity contribution >= 4 is 23.9 Å². The molecule has 1 aliphatic carbocycles. The molecule has 20 heavy (non-hydrogen) atoms. The van der Waals surface area contributed by atoms with E-state index < -0.39 is 30.1 Å². The van der Waals surface area contributed by atoms with E-state index in [1.54, 1.807) is 6.92 Å². The second-order valence-electron chi connectivity index (χ2n) is 5.02. The topological polar surface area (TPSA) is 108 Å². The summed E-state index contributed by atoms with van der Waals surface area (Å²) in [5.74, 6) is -1.06. The highest BCUT2D eigenvalue weighted by molar-refractivity contribution is 6.10. The summed E-state index contributed by atoms with van der Waals surface area (Å²) in [5.41, 5.74) is -0.830. The number of carbonyl (C=O) groups excluding carboxylic acids is 4. The Kier molecular flexibility index (Phi) is 3.91. The summed E-state index contributed by atoms with van der Waals surface area (Å²) in [7, 11) is 0. The number of hydrogen-bond acceptors (Lipinski definition) is 4. The molecule has 110 valence electrons. The van der Waals surface area contributed by atoms with Gasteiger partial charge in [0.05, 0.1) is 0 Å². The van der Waals surface area contributed by atoms with E-state index in [4.69, 9.17) is 0 Å². The van der Waals surface area contributed by atoms with Crippen LogP contribution in [0.15, 0.2) is 0 Å². The number of urea groups is 2. The van der Waals surface area contributed by atoms with Crippen molar-refractivity contribution in [1.29, 1.82) is 0 Å². The minimum absolute atomic E-state index is 0.369. The standard InChI is InChI=1S/C12H18N4O4/c1-2-13-10(19)14-8(17)7-16-9(18)12(15-11(16)20)5-3-4-6-12/h2-7H2,1H3,(H,15,20)(H2,13,14,17,19). The highest BCUT2D eigenvalue weighted by Gasteiger charge is 2.52. The number of nitrogens with zero attached hydrogens (tertiary/aromatic N) is 1. The summed E-state index contributed by atoms with van der Waals surface area (Å²) >= 11 is 0. The first-order chi connectivity index (χ1) is 9.48. The third-order valence-electron chi connectivity index (χ3n) is 3.60. The molecule has 1 saturated heterocycles. The quantitative estimate of drug-likeness (QED) is 0.617. The van der Waals surface area contributed by atoms with E-state index in [-0.39, 0.29) is 5.91 Å². The summed E-state index contributed by atoms with van der Waals surface area (Å²) in [6.07, 6.45) is 2.97. The lowest BCUT2D eigenvalue weighted by atomic mass is 9.98. The number of imide groups is 2. The number of carbonyl (C=O) groups is 4. The molecule has 2 aliphatic rings. The average Bonchev–Trinajstić information content (AvgIpc) is 2.92. The van der Waals surface area contributed by atoms with E-state index in [9.17, 15) is 19.2 Å². The molecule has 0 bridgehead atoms. The molecule has 1 heterocycles. The molecular formula is C12H18N4O4. The van der Waals surface area contributed by atoms with Crippen LogP contribution in [0.3, 0.4) is 0 Å². The van der Waals surface area contributed by atoms with Gasteiger partial charge in [-0.3, -0.25) is 19.8 Å². The van der Waals surface area contributed by atoms with E-state index in [0.717, 1.165) is 17.7 Å². The summed E-state index contributed by atoms with van der Waals surface area (Å²) in [6, 6.07) is -1.21. The van der Waals surface area contributed by atoms with Crippen LogP contribution in [0.25, 0.3) is 0 Å². The molecule has 3 N–H and O–H groups in total. The summed E-state index contributed by atoms with van der Waals surface area (Å²) in [6.45, 7) is 1.65. The Hall–Kier alpha value is -2.12. The number of nitrogens with one attached hydrogen (secondary N) is 3. The van der Waals surface area contributed by atoms with Crippen molar-refractivity contribution in [2.24, 2.45) is 0 Å². The summed E-state index contributed by atoms with van der Waals surface area (Å²) in [5, 5.41) is 7.13. The van der Waals surface area contributed by atoms with Crippen LogP contribution in [-0.4, -0.2) is 47.4 Å². The van der Waals surface area contributed by atoms with Gasteiger partial charge in [-0.1, -0.05) is 12.8 Å². The fraction of sp³-hybridized carbons (Fsp3) is 0.667. The third kappa shape index (κ3) is 2.59. The van der Waals surface area contributed by atoms with Crippen LogP contribution in [0.5, 0.6) is 0 Å². The molecule has 0 unspecified atom stereocenters. The highest BCUT2D eigenvalue weighted by Crippen LogP contribution is 2.34. The maximum absolute atomic E-state index is 12.2. The molecule has 8 nitrogen and oxygen atoms in total. The molecular weight excluding hydrogens is 264 g/mol. The molecule has 0 radical (unpaired) electrons. The van der Waals surface area contributed by atoms with Gasteiger partial charge in [-0.05, 0) is 19.8 Å². The fourth-order valence-corrected chi connectivity index (χ4v) is 2.65. The van der Waals surface area contributed by atoms with E-state index in [1.807, 2.05) is 0 Å². The lowest BCUT2D eigenvalue weighted by Crippen LogP contribution is -2.47. The molecule has 2 fully saturated rings. The Balaban J connectivity index is 1.96. The highest BCUT2D eigenvalue weighted by atomic mass is 16.2. The van der Waals surface area contributed by atoms with E-state index in [1.165, 1.54) is 0 Å². The van der Waals surface area contributed by atoms with Crippen molar-refractivity contribution in [2.45, 2.75) is 38.1 Å². The molecule has 8 heteroatoms. The predicted molar refractivity (Wildman–Crippen MR) is 68.7 cm³/mol. The van der Waals surface area contributed by atoms with Crippen molar-refractivity contribution in [1.82, 2.24) is 20.9 Å². The lowest BCUT2D eigenvalue weighted by Gasteiger charge is -2.19. The second-order valence-corrected chi connectivity index (χ2v) is 5.02. The second kappa shape index (κ2) is 5.48. The van der Waals surface area contributed by atoms with Crippen LogP contribution in [-0.2, 0) is 9.59 Å². The van der Waals surface area contributed by atoms with Crippen molar-refractivity contribution in [3.05, 3.63) is 0 Å². The van der Waals surface area contributed by atoms with Gasteiger partial charge in [0.15, 0.2) is 0 Å². The van der Waals surface area contributed by atoms with Crippen LogP contribution in [0.4, 0.5) is 9.59 Å². The number of rotatable bonds is 3. The van der Waals surface area contributed by atoms with Crippen molar-refractivity contribution in [3.8, 4) is 0 Å². The molecule has 6 amide bonds. The van der Waals surface area contributed by atoms with Gasteiger partial charge in [-0.25, -0.2) is 9.59 Å². The Labute approximate surface area is 116 Å². The maximum Gasteiger partial charge on any atom is 0.325 e. The zero-order chi connectivity index (χ0) is 14.8. The van der Waals surface area contributed by atoms with E-state index in [2.05, 4.69) is 16.0 Å². The Morgan fingerprint density at radius 1 is 1.30 bits per heavy atom. The molecule has 0 aromatic rings. The molecule has 0 aromatic carbocycles. The van der Waals surface area contributed by atoms with Gasteiger partial charge in [-0.2, -0.15) is 0 Å². The first-order valence-corrected chi connectivity index (χ1v) is 6.70. The van der Waals surface area contributed by atoms with Gasteiger partial charge in [0.1, 0.15) is 12.1 Å². The van der Waals surface area contributed by atoms with Crippen molar-refractivity contribution in [2.75, 3.05) is 13.1 Å². The zero-order valence-electron chi connectivity index (χ0n) is 11.3. The van der Waals surface area contributed by atoms with Gasteiger partial charge < -0.3 is 10.6 Å². The number of amides is 6. The minimum Gasteiger partial charge on any atom is -0.338 e. The summed E-state index contributed by atoms with van der Waals surface area (Å²) in [4.78, 5) is 47.8. The molecule has 0 atom stereocenters.